The third kappa shape index (κ3) is 2.87. The maximum Gasteiger partial charge on any atom is 0.327 e. The van der Waals surface area contributed by atoms with Gasteiger partial charge in [-0.15, -0.1) is 0 Å². The molecule has 2 heteroatoms. The van der Waals surface area contributed by atoms with Crippen molar-refractivity contribution in [1.29, 1.82) is 0 Å². The van der Waals surface area contributed by atoms with Gasteiger partial charge in [0.15, 0.2) is 0 Å². The summed E-state index contributed by atoms with van der Waals surface area (Å²) in [7, 11) is 0. The van der Waals surface area contributed by atoms with Crippen LogP contribution in [0.5, 0.6) is 0 Å². The summed E-state index contributed by atoms with van der Waals surface area (Å²) in [6.07, 6.45) is 6.58. The third-order valence-electron chi connectivity index (χ3n) is 3.21. The van der Waals surface area contributed by atoms with Gasteiger partial charge in [0, 0.05) is 6.08 Å². The topological polar surface area (TPSA) is 37.3 Å². The number of aliphatic carboxylic acids is 1. The smallest absolute Gasteiger partial charge is 0.327 e. The van der Waals surface area contributed by atoms with E-state index in [1.54, 1.807) is 6.08 Å². The molecular formula is C11H18O2. The van der Waals surface area contributed by atoms with Gasteiger partial charge < -0.3 is 5.11 Å². The maximum absolute atomic E-state index is 10.2. The third-order valence-corrected chi connectivity index (χ3v) is 3.21. The number of hydrogen-bond acceptors (Lipinski definition) is 1. The molecule has 1 rings (SSSR count). The summed E-state index contributed by atoms with van der Waals surface area (Å²) < 4.78 is 0. The molecule has 0 heterocycles. The van der Waals surface area contributed by atoms with E-state index in [1.807, 2.05) is 0 Å². The van der Waals surface area contributed by atoms with Gasteiger partial charge in [-0.25, -0.2) is 4.79 Å². The number of rotatable bonds is 3. The minimum atomic E-state index is -0.835. The van der Waals surface area contributed by atoms with Crippen molar-refractivity contribution in [2.75, 3.05) is 0 Å². The zero-order valence-electron chi connectivity index (χ0n) is 8.36. The molecule has 1 N–H and O–H groups in total. The highest BCUT2D eigenvalue weighted by Gasteiger charge is 2.28. The first-order valence-electron chi connectivity index (χ1n) is 5.00. The molecule has 1 fully saturated rings. The molecule has 0 bridgehead atoms. The van der Waals surface area contributed by atoms with Crippen molar-refractivity contribution in [3.8, 4) is 0 Å². The average molecular weight is 182 g/mol. The molecule has 0 unspecified atom stereocenters. The number of allylic oxidation sites excluding steroid dienone is 1. The molecule has 0 amide bonds. The van der Waals surface area contributed by atoms with Gasteiger partial charge in [0.1, 0.15) is 0 Å². The lowest BCUT2D eigenvalue weighted by atomic mass is 9.88. The van der Waals surface area contributed by atoms with Gasteiger partial charge in [0.25, 0.3) is 0 Å². The van der Waals surface area contributed by atoms with Crippen molar-refractivity contribution in [2.24, 2.45) is 17.8 Å². The molecule has 0 aromatic heterocycles. The summed E-state index contributed by atoms with van der Waals surface area (Å²) in [4.78, 5) is 10.2. The van der Waals surface area contributed by atoms with Crippen molar-refractivity contribution in [3.63, 3.8) is 0 Å². The first-order chi connectivity index (χ1) is 6.11. The van der Waals surface area contributed by atoms with E-state index in [0.717, 1.165) is 18.3 Å². The Balaban J connectivity index is 2.39. The van der Waals surface area contributed by atoms with E-state index >= 15 is 0 Å². The number of hydrogen-bond donors (Lipinski definition) is 1. The van der Waals surface area contributed by atoms with Gasteiger partial charge in [-0.2, -0.15) is 0 Å². The second-order valence-corrected chi connectivity index (χ2v) is 4.17. The van der Waals surface area contributed by atoms with E-state index in [-0.39, 0.29) is 0 Å². The molecule has 1 aliphatic rings. The molecular weight excluding hydrogens is 164 g/mol. The van der Waals surface area contributed by atoms with Crippen molar-refractivity contribution in [3.05, 3.63) is 12.2 Å². The molecule has 0 aromatic carbocycles. The first kappa shape index (κ1) is 10.3. The van der Waals surface area contributed by atoms with Gasteiger partial charge >= 0.3 is 5.97 Å². The lowest BCUT2D eigenvalue weighted by molar-refractivity contribution is -0.131. The van der Waals surface area contributed by atoms with E-state index in [0.29, 0.717) is 5.92 Å². The van der Waals surface area contributed by atoms with Crippen LogP contribution in [-0.4, -0.2) is 11.1 Å². The summed E-state index contributed by atoms with van der Waals surface area (Å²) in [6, 6.07) is 0. The van der Waals surface area contributed by atoms with Gasteiger partial charge in [-0.3, -0.25) is 0 Å². The Bertz CT molecular complexity index is 198. The Labute approximate surface area is 79.6 Å². The van der Waals surface area contributed by atoms with Crippen LogP contribution in [0, 0.1) is 17.8 Å². The van der Waals surface area contributed by atoms with E-state index in [9.17, 15) is 4.79 Å². The Morgan fingerprint density at radius 3 is 2.38 bits per heavy atom. The lowest BCUT2D eigenvalue weighted by Crippen LogP contribution is -2.09. The summed E-state index contributed by atoms with van der Waals surface area (Å²) in [5.74, 6) is 1.37. The van der Waals surface area contributed by atoms with E-state index in [4.69, 9.17) is 5.11 Å². The molecule has 1 saturated carbocycles. The summed E-state index contributed by atoms with van der Waals surface area (Å²) >= 11 is 0. The molecule has 0 radical (unpaired) electrons. The highest BCUT2D eigenvalue weighted by atomic mass is 16.4. The van der Waals surface area contributed by atoms with Crippen LogP contribution in [0.4, 0.5) is 0 Å². The predicted octanol–water partition coefficient (Wildman–Crippen LogP) is 2.70. The molecule has 0 spiro atoms. The Morgan fingerprint density at radius 1 is 1.38 bits per heavy atom. The minimum Gasteiger partial charge on any atom is -0.478 e. The second kappa shape index (κ2) is 4.45. The minimum absolute atomic E-state index is 0.690. The predicted molar refractivity (Wildman–Crippen MR) is 52.4 cm³/mol. The van der Waals surface area contributed by atoms with Crippen LogP contribution >= 0.6 is 0 Å². The maximum atomic E-state index is 10.2. The molecule has 13 heavy (non-hydrogen) atoms. The Hall–Kier alpha value is -0.790. The van der Waals surface area contributed by atoms with E-state index < -0.39 is 5.97 Å². The summed E-state index contributed by atoms with van der Waals surface area (Å²) in [6.45, 7) is 4.53. The lowest BCUT2D eigenvalue weighted by Gasteiger charge is -2.17. The van der Waals surface area contributed by atoms with Crippen LogP contribution in [0.25, 0.3) is 0 Å². The molecule has 0 aromatic rings. The van der Waals surface area contributed by atoms with Crippen molar-refractivity contribution in [1.82, 2.24) is 0 Å². The van der Waals surface area contributed by atoms with Crippen LogP contribution in [0.1, 0.15) is 33.1 Å². The van der Waals surface area contributed by atoms with Crippen molar-refractivity contribution < 1.29 is 9.90 Å². The standard InChI is InChI=1S/C11H18O2/c1-8-6-7-9(2)10(8)4-3-5-11(12)13/h3,5,8-10H,4,6-7H2,1-2H3,(H,12,13)/b5-3+/t8-,9+,10+. The zero-order chi connectivity index (χ0) is 9.84. The van der Waals surface area contributed by atoms with Gasteiger partial charge in [-0.1, -0.05) is 32.8 Å². The number of carbonyl (C=O) groups is 1. The number of carboxylic acids is 1. The highest BCUT2D eigenvalue weighted by Crippen LogP contribution is 2.38. The molecule has 1 aliphatic carbocycles. The molecule has 0 aliphatic heterocycles. The van der Waals surface area contributed by atoms with E-state index in [2.05, 4.69) is 13.8 Å². The fraction of sp³-hybridized carbons (Fsp3) is 0.727. The Kier molecular flexibility index (Phi) is 3.52. The average Bonchev–Trinajstić information content (AvgIpc) is 2.34. The first-order valence-corrected chi connectivity index (χ1v) is 5.00. The van der Waals surface area contributed by atoms with Crippen LogP contribution in [0.3, 0.4) is 0 Å². The monoisotopic (exact) mass is 182 g/mol. The summed E-state index contributed by atoms with van der Waals surface area (Å²) in [5.41, 5.74) is 0. The SMILES string of the molecule is C[C@@H]1CC[C@H](C)[C@H]1C/C=C/C(=O)O. The van der Waals surface area contributed by atoms with Crippen LogP contribution in [0.2, 0.25) is 0 Å². The molecule has 0 saturated heterocycles. The molecule has 2 nitrogen and oxygen atoms in total. The van der Waals surface area contributed by atoms with E-state index in [1.165, 1.54) is 18.9 Å². The molecule has 3 atom stereocenters. The fourth-order valence-corrected chi connectivity index (χ4v) is 2.31. The number of carboxylic acid groups (broad SMARTS) is 1. The van der Waals surface area contributed by atoms with Gasteiger partial charge in [0.2, 0.25) is 0 Å². The normalized spacial score (nSPS) is 34.2. The van der Waals surface area contributed by atoms with Crippen LogP contribution in [0.15, 0.2) is 12.2 Å². The van der Waals surface area contributed by atoms with Gasteiger partial charge in [-0.05, 0) is 24.2 Å². The van der Waals surface area contributed by atoms with Crippen molar-refractivity contribution >= 4 is 5.97 Å². The van der Waals surface area contributed by atoms with Crippen LogP contribution < -0.4 is 0 Å². The zero-order valence-corrected chi connectivity index (χ0v) is 8.36. The largest absolute Gasteiger partial charge is 0.478 e. The van der Waals surface area contributed by atoms with Gasteiger partial charge in [0.05, 0.1) is 0 Å². The quantitative estimate of drug-likeness (QED) is 0.681. The Morgan fingerprint density at radius 2 is 1.92 bits per heavy atom. The second-order valence-electron chi connectivity index (χ2n) is 4.17. The molecule has 74 valence electrons. The van der Waals surface area contributed by atoms with Crippen LogP contribution in [-0.2, 0) is 4.79 Å². The summed E-state index contributed by atoms with van der Waals surface area (Å²) in [5, 5.41) is 8.43. The fourth-order valence-electron chi connectivity index (χ4n) is 2.31. The van der Waals surface area contributed by atoms with Crippen molar-refractivity contribution in [2.45, 2.75) is 33.1 Å². The highest BCUT2D eigenvalue weighted by molar-refractivity contribution is 5.79.